The summed E-state index contributed by atoms with van der Waals surface area (Å²) in [6.07, 6.45) is 5.12. The Morgan fingerprint density at radius 2 is 2.12 bits per heavy atom. The van der Waals surface area contributed by atoms with Gasteiger partial charge in [-0.25, -0.2) is 0 Å². The van der Waals surface area contributed by atoms with Gasteiger partial charge in [0.1, 0.15) is 0 Å². The van der Waals surface area contributed by atoms with E-state index in [-0.39, 0.29) is 0 Å². The fourth-order valence-corrected chi connectivity index (χ4v) is 2.85. The Bertz CT molecular complexity index is 368. The van der Waals surface area contributed by atoms with Crippen LogP contribution in [0.25, 0.3) is 0 Å². The summed E-state index contributed by atoms with van der Waals surface area (Å²) < 4.78 is 0. The quantitative estimate of drug-likeness (QED) is 0.814. The molecule has 1 N–H and O–H groups in total. The highest BCUT2D eigenvalue weighted by Crippen LogP contribution is 2.32. The van der Waals surface area contributed by atoms with Gasteiger partial charge in [0, 0.05) is 6.04 Å². The van der Waals surface area contributed by atoms with E-state index in [1.807, 2.05) is 0 Å². The molecular weight excluding hydrogens is 194 g/mol. The zero-order chi connectivity index (χ0) is 11.5. The summed E-state index contributed by atoms with van der Waals surface area (Å²) in [7, 11) is 0. The van der Waals surface area contributed by atoms with Gasteiger partial charge in [0.2, 0.25) is 0 Å². The number of nitrogens with one attached hydrogen (secondary N) is 1. The van der Waals surface area contributed by atoms with Crippen LogP contribution in [0.2, 0.25) is 0 Å². The van der Waals surface area contributed by atoms with E-state index in [9.17, 15) is 0 Å². The molecule has 1 aromatic carbocycles. The standard InChI is InChI=1S/C15H23N/c1-4-8-16-15-7-5-6-13-12(3)9-11(2)10-14(13)15/h9-10,15-16H,4-8H2,1-3H3. The number of hydrogen-bond donors (Lipinski definition) is 1. The lowest BCUT2D eigenvalue weighted by atomic mass is 9.84. The van der Waals surface area contributed by atoms with Crippen molar-refractivity contribution in [3.8, 4) is 0 Å². The van der Waals surface area contributed by atoms with Crippen LogP contribution in [0.3, 0.4) is 0 Å². The number of rotatable bonds is 3. The summed E-state index contributed by atoms with van der Waals surface area (Å²) in [5.74, 6) is 0. The number of fused-ring (bicyclic) bond motifs is 1. The molecule has 0 aliphatic heterocycles. The van der Waals surface area contributed by atoms with Gasteiger partial charge < -0.3 is 5.32 Å². The smallest absolute Gasteiger partial charge is 0.0323 e. The van der Waals surface area contributed by atoms with Gasteiger partial charge in [-0.2, -0.15) is 0 Å². The lowest BCUT2D eigenvalue weighted by Gasteiger charge is -2.28. The third kappa shape index (κ3) is 2.30. The summed E-state index contributed by atoms with van der Waals surface area (Å²) in [6, 6.07) is 5.30. The highest BCUT2D eigenvalue weighted by Gasteiger charge is 2.20. The highest BCUT2D eigenvalue weighted by atomic mass is 14.9. The van der Waals surface area contributed by atoms with E-state index in [0.717, 1.165) is 6.54 Å². The minimum atomic E-state index is 0.599. The summed E-state index contributed by atoms with van der Waals surface area (Å²) >= 11 is 0. The van der Waals surface area contributed by atoms with Crippen molar-refractivity contribution in [2.75, 3.05) is 6.54 Å². The van der Waals surface area contributed by atoms with E-state index in [4.69, 9.17) is 0 Å². The maximum absolute atomic E-state index is 3.68. The zero-order valence-electron chi connectivity index (χ0n) is 10.8. The van der Waals surface area contributed by atoms with Crippen LogP contribution in [0.1, 0.15) is 54.5 Å². The molecule has 1 aliphatic rings. The third-order valence-electron chi connectivity index (χ3n) is 3.59. The van der Waals surface area contributed by atoms with Crippen LogP contribution in [0.4, 0.5) is 0 Å². The molecule has 1 aliphatic carbocycles. The molecule has 0 fully saturated rings. The predicted octanol–water partition coefficient (Wildman–Crippen LogP) is 3.68. The molecule has 1 atom stereocenters. The van der Waals surface area contributed by atoms with E-state index in [1.54, 1.807) is 11.1 Å². The minimum absolute atomic E-state index is 0.599. The molecule has 0 heterocycles. The largest absolute Gasteiger partial charge is 0.310 e. The first-order chi connectivity index (χ1) is 7.72. The molecular formula is C15H23N. The second kappa shape index (κ2) is 5.01. The fourth-order valence-electron chi connectivity index (χ4n) is 2.85. The average molecular weight is 217 g/mol. The molecule has 0 bridgehead atoms. The van der Waals surface area contributed by atoms with Crippen molar-refractivity contribution in [3.63, 3.8) is 0 Å². The van der Waals surface area contributed by atoms with Crippen molar-refractivity contribution in [2.45, 2.75) is 52.5 Å². The van der Waals surface area contributed by atoms with Gasteiger partial charge in [-0.3, -0.25) is 0 Å². The maximum atomic E-state index is 3.68. The van der Waals surface area contributed by atoms with Crippen LogP contribution in [-0.2, 0) is 6.42 Å². The van der Waals surface area contributed by atoms with Crippen molar-refractivity contribution >= 4 is 0 Å². The summed E-state index contributed by atoms with van der Waals surface area (Å²) in [4.78, 5) is 0. The molecule has 1 aromatic rings. The predicted molar refractivity (Wildman–Crippen MR) is 69.9 cm³/mol. The first-order valence-corrected chi connectivity index (χ1v) is 6.55. The van der Waals surface area contributed by atoms with Crippen LogP contribution in [0.5, 0.6) is 0 Å². The van der Waals surface area contributed by atoms with Crippen LogP contribution < -0.4 is 5.32 Å². The Morgan fingerprint density at radius 3 is 2.88 bits per heavy atom. The number of hydrogen-bond acceptors (Lipinski definition) is 1. The van der Waals surface area contributed by atoms with E-state index < -0.39 is 0 Å². The van der Waals surface area contributed by atoms with E-state index in [1.165, 1.54) is 36.8 Å². The van der Waals surface area contributed by atoms with Crippen molar-refractivity contribution in [2.24, 2.45) is 0 Å². The van der Waals surface area contributed by atoms with Crippen LogP contribution in [-0.4, -0.2) is 6.54 Å². The first-order valence-electron chi connectivity index (χ1n) is 6.55. The van der Waals surface area contributed by atoms with Crippen LogP contribution in [0.15, 0.2) is 12.1 Å². The van der Waals surface area contributed by atoms with Gasteiger partial charge in [0.15, 0.2) is 0 Å². The third-order valence-corrected chi connectivity index (χ3v) is 3.59. The summed E-state index contributed by atoms with van der Waals surface area (Å²) in [5, 5.41) is 3.68. The number of aryl methyl sites for hydroxylation is 2. The normalized spacial score (nSPS) is 19.6. The van der Waals surface area contributed by atoms with E-state index in [2.05, 4.69) is 38.2 Å². The molecule has 1 nitrogen and oxygen atoms in total. The minimum Gasteiger partial charge on any atom is -0.310 e. The Kier molecular flexibility index (Phi) is 3.65. The summed E-state index contributed by atoms with van der Waals surface area (Å²) in [6.45, 7) is 7.84. The molecule has 0 radical (unpaired) electrons. The molecule has 88 valence electrons. The van der Waals surface area contributed by atoms with Gasteiger partial charge >= 0.3 is 0 Å². The topological polar surface area (TPSA) is 12.0 Å². The van der Waals surface area contributed by atoms with E-state index in [0.29, 0.717) is 6.04 Å². The monoisotopic (exact) mass is 217 g/mol. The lowest BCUT2D eigenvalue weighted by molar-refractivity contribution is 0.459. The zero-order valence-corrected chi connectivity index (χ0v) is 10.8. The number of benzene rings is 1. The molecule has 1 heteroatoms. The Morgan fingerprint density at radius 1 is 1.31 bits per heavy atom. The van der Waals surface area contributed by atoms with Gasteiger partial charge in [-0.15, -0.1) is 0 Å². The fraction of sp³-hybridized carbons (Fsp3) is 0.600. The van der Waals surface area contributed by atoms with Gasteiger partial charge in [-0.1, -0.05) is 24.6 Å². The molecule has 0 spiro atoms. The molecule has 0 saturated heterocycles. The first kappa shape index (κ1) is 11.7. The SMILES string of the molecule is CCCNC1CCCc2c(C)cc(C)cc21. The van der Waals surface area contributed by atoms with Gasteiger partial charge in [0.05, 0.1) is 0 Å². The molecule has 1 unspecified atom stereocenters. The van der Waals surface area contributed by atoms with Gasteiger partial charge in [-0.05, 0) is 62.8 Å². The van der Waals surface area contributed by atoms with Crippen molar-refractivity contribution < 1.29 is 0 Å². The van der Waals surface area contributed by atoms with Crippen LogP contribution in [0, 0.1) is 13.8 Å². The van der Waals surface area contributed by atoms with Crippen molar-refractivity contribution in [3.05, 3.63) is 34.4 Å². The molecule has 0 saturated carbocycles. The molecule has 16 heavy (non-hydrogen) atoms. The Hall–Kier alpha value is -0.820. The summed E-state index contributed by atoms with van der Waals surface area (Å²) in [5.41, 5.74) is 6.06. The Labute approximate surface area is 99.3 Å². The molecule has 0 aromatic heterocycles. The second-order valence-corrected chi connectivity index (χ2v) is 5.05. The van der Waals surface area contributed by atoms with E-state index >= 15 is 0 Å². The second-order valence-electron chi connectivity index (χ2n) is 5.05. The molecule has 2 rings (SSSR count). The molecule has 0 amide bonds. The van der Waals surface area contributed by atoms with Gasteiger partial charge in [0.25, 0.3) is 0 Å². The average Bonchev–Trinajstić information content (AvgIpc) is 2.26. The maximum Gasteiger partial charge on any atom is 0.0323 e. The van der Waals surface area contributed by atoms with Crippen molar-refractivity contribution in [1.29, 1.82) is 0 Å². The van der Waals surface area contributed by atoms with Crippen LogP contribution >= 0.6 is 0 Å². The lowest BCUT2D eigenvalue weighted by Crippen LogP contribution is -2.26. The van der Waals surface area contributed by atoms with Crippen molar-refractivity contribution in [1.82, 2.24) is 5.32 Å². The Balaban J connectivity index is 2.30. The highest BCUT2D eigenvalue weighted by molar-refractivity contribution is 5.41.